The van der Waals surface area contributed by atoms with E-state index >= 15 is 0 Å². The second-order valence-electron chi connectivity index (χ2n) is 2.73. The van der Waals surface area contributed by atoms with Gasteiger partial charge in [0.25, 0.3) is 0 Å². The quantitative estimate of drug-likeness (QED) is 0.536. The molecule has 0 aliphatic carbocycles. The van der Waals surface area contributed by atoms with Crippen LogP contribution in [0.1, 0.15) is 26.7 Å². The number of carbonyl (C=O) groups is 1. The predicted octanol–water partition coefficient (Wildman–Crippen LogP) is 2.97. The van der Waals surface area contributed by atoms with Gasteiger partial charge >= 0.3 is 12.1 Å². The fourth-order valence-corrected chi connectivity index (χ4v) is 1.77. The SMILES string of the molecule is CCCSC(CC(F)(F)F)OC(C)=O. The lowest BCUT2D eigenvalue weighted by molar-refractivity contribution is -0.161. The van der Waals surface area contributed by atoms with Crippen molar-refractivity contribution in [3.8, 4) is 0 Å². The molecule has 2 nitrogen and oxygen atoms in total. The molecule has 0 N–H and O–H groups in total. The van der Waals surface area contributed by atoms with Crippen LogP contribution < -0.4 is 0 Å². The van der Waals surface area contributed by atoms with E-state index in [1.54, 1.807) is 0 Å². The lowest BCUT2D eigenvalue weighted by Crippen LogP contribution is -2.22. The molecule has 0 radical (unpaired) electrons. The number of carbonyl (C=O) groups excluding carboxylic acids is 1. The summed E-state index contributed by atoms with van der Waals surface area (Å²) in [4.78, 5) is 10.5. The molecule has 14 heavy (non-hydrogen) atoms. The van der Waals surface area contributed by atoms with Crippen molar-refractivity contribution in [2.24, 2.45) is 0 Å². The summed E-state index contributed by atoms with van der Waals surface area (Å²) in [5, 5.41) is 0. The molecular formula is C8H13F3O2S. The summed E-state index contributed by atoms with van der Waals surface area (Å²) in [6, 6.07) is 0. The molecule has 0 bridgehead atoms. The average Bonchev–Trinajstić information content (AvgIpc) is 1.96. The lowest BCUT2D eigenvalue weighted by atomic mass is 10.4. The Morgan fingerprint density at radius 3 is 2.43 bits per heavy atom. The summed E-state index contributed by atoms with van der Waals surface area (Å²) >= 11 is 1.01. The number of halogens is 3. The first-order valence-electron chi connectivity index (χ1n) is 4.20. The number of hydrogen-bond donors (Lipinski definition) is 0. The van der Waals surface area contributed by atoms with Gasteiger partial charge in [-0.3, -0.25) is 4.79 Å². The van der Waals surface area contributed by atoms with Gasteiger partial charge in [0.1, 0.15) is 0 Å². The molecule has 0 fully saturated rings. The van der Waals surface area contributed by atoms with E-state index in [2.05, 4.69) is 4.74 Å². The van der Waals surface area contributed by atoms with Gasteiger partial charge in [0.05, 0.1) is 6.42 Å². The maximum atomic E-state index is 12.0. The van der Waals surface area contributed by atoms with Gasteiger partial charge in [-0.05, 0) is 12.2 Å². The first kappa shape index (κ1) is 13.6. The molecule has 0 aromatic carbocycles. The molecule has 0 rings (SSSR count). The maximum absolute atomic E-state index is 12.0. The average molecular weight is 230 g/mol. The molecule has 0 saturated carbocycles. The van der Waals surface area contributed by atoms with E-state index in [-0.39, 0.29) is 0 Å². The Morgan fingerprint density at radius 2 is 2.07 bits per heavy atom. The van der Waals surface area contributed by atoms with Crippen molar-refractivity contribution in [1.82, 2.24) is 0 Å². The molecule has 0 aliphatic heterocycles. The number of alkyl halides is 3. The van der Waals surface area contributed by atoms with Crippen molar-refractivity contribution in [3.05, 3.63) is 0 Å². The number of thioether (sulfide) groups is 1. The Labute approximate surface area is 85.2 Å². The molecule has 1 atom stereocenters. The van der Waals surface area contributed by atoms with Crippen molar-refractivity contribution in [1.29, 1.82) is 0 Å². The summed E-state index contributed by atoms with van der Waals surface area (Å²) in [7, 11) is 0. The fourth-order valence-electron chi connectivity index (χ4n) is 0.758. The van der Waals surface area contributed by atoms with Crippen LogP contribution in [-0.4, -0.2) is 23.3 Å². The number of rotatable bonds is 5. The molecule has 84 valence electrons. The van der Waals surface area contributed by atoms with Gasteiger partial charge in [0, 0.05) is 6.92 Å². The molecule has 0 aromatic rings. The Morgan fingerprint density at radius 1 is 1.50 bits per heavy atom. The van der Waals surface area contributed by atoms with Crippen LogP contribution in [-0.2, 0) is 9.53 Å². The Hall–Kier alpha value is -0.390. The minimum Gasteiger partial charge on any atom is -0.451 e. The third-order valence-corrected chi connectivity index (χ3v) is 2.48. The van der Waals surface area contributed by atoms with E-state index in [0.29, 0.717) is 5.75 Å². The smallest absolute Gasteiger partial charge is 0.393 e. The van der Waals surface area contributed by atoms with Crippen LogP contribution in [0.25, 0.3) is 0 Å². The number of ether oxygens (including phenoxy) is 1. The molecule has 6 heteroatoms. The fraction of sp³-hybridized carbons (Fsp3) is 0.875. The minimum atomic E-state index is -4.29. The zero-order chi connectivity index (χ0) is 11.2. The third-order valence-electron chi connectivity index (χ3n) is 1.20. The first-order valence-corrected chi connectivity index (χ1v) is 5.25. The summed E-state index contributed by atoms with van der Waals surface area (Å²) in [6.07, 6.45) is -4.63. The van der Waals surface area contributed by atoms with Crippen LogP contribution in [0, 0.1) is 0 Å². The monoisotopic (exact) mass is 230 g/mol. The van der Waals surface area contributed by atoms with E-state index in [1.807, 2.05) is 6.92 Å². The molecule has 0 saturated heterocycles. The second kappa shape index (κ2) is 6.16. The summed E-state index contributed by atoms with van der Waals surface area (Å²) in [6.45, 7) is 2.96. The number of esters is 1. The van der Waals surface area contributed by atoms with Crippen LogP contribution in [0.5, 0.6) is 0 Å². The topological polar surface area (TPSA) is 26.3 Å². The highest BCUT2D eigenvalue weighted by Gasteiger charge is 2.33. The van der Waals surface area contributed by atoms with E-state index in [9.17, 15) is 18.0 Å². The van der Waals surface area contributed by atoms with Crippen molar-refractivity contribution < 1.29 is 22.7 Å². The zero-order valence-corrected chi connectivity index (χ0v) is 8.87. The highest BCUT2D eigenvalue weighted by Crippen LogP contribution is 2.28. The van der Waals surface area contributed by atoms with Gasteiger partial charge in [-0.25, -0.2) is 0 Å². The minimum absolute atomic E-state index is 0.550. The van der Waals surface area contributed by atoms with E-state index < -0.39 is 24.0 Å². The Kier molecular flexibility index (Phi) is 5.99. The molecule has 0 spiro atoms. The summed E-state index contributed by atoms with van der Waals surface area (Å²) < 4.78 is 40.5. The van der Waals surface area contributed by atoms with Gasteiger partial charge in [-0.15, -0.1) is 11.8 Å². The van der Waals surface area contributed by atoms with Gasteiger partial charge in [0.2, 0.25) is 0 Å². The van der Waals surface area contributed by atoms with Crippen molar-refractivity contribution in [2.45, 2.75) is 38.3 Å². The van der Waals surface area contributed by atoms with E-state index in [1.165, 1.54) is 0 Å². The van der Waals surface area contributed by atoms with Crippen molar-refractivity contribution in [2.75, 3.05) is 5.75 Å². The van der Waals surface area contributed by atoms with Crippen LogP contribution >= 0.6 is 11.8 Å². The molecule has 0 amide bonds. The Balaban J connectivity index is 4.03. The summed E-state index contributed by atoms with van der Waals surface area (Å²) in [5.41, 5.74) is -1.10. The lowest BCUT2D eigenvalue weighted by Gasteiger charge is -2.17. The predicted molar refractivity (Wildman–Crippen MR) is 49.0 cm³/mol. The highest BCUT2D eigenvalue weighted by atomic mass is 32.2. The highest BCUT2D eigenvalue weighted by molar-refractivity contribution is 7.99. The summed E-state index contributed by atoms with van der Waals surface area (Å²) in [5.74, 6) is -0.128. The molecule has 0 aromatic heterocycles. The van der Waals surface area contributed by atoms with Crippen LogP contribution in [0.4, 0.5) is 13.2 Å². The van der Waals surface area contributed by atoms with E-state index in [0.717, 1.165) is 25.1 Å². The van der Waals surface area contributed by atoms with Gasteiger partial charge in [-0.2, -0.15) is 13.2 Å². The largest absolute Gasteiger partial charge is 0.451 e. The Bertz CT molecular complexity index is 182. The third kappa shape index (κ3) is 8.22. The second-order valence-corrected chi connectivity index (χ2v) is 4.00. The van der Waals surface area contributed by atoms with Crippen LogP contribution in [0.15, 0.2) is 0 Å². The molecular weight excluding hydrogens is 217 g/mol. The van der Waals surface area contributed by atoms with Gasteiger partial charge in [-0.1, -0.05) is 6.92 Å². The molecule has 0 aliphatic rings. The standard InChI is InChI=1S/C8H13F3O2S/c1-3-4-14-7(13-6(2)12)5-8(9,10)11/h7H,3-5H2,1-2H3. The van der Waals surface area contributed by atoms with Crippen LogP contribution in [0.3, 0.4) is 0 Å². The van der Waals surface area contributed by atoms with Crippen molar-refractivity contribution in [3.63, 3.8) is 0 Å². The van der Waals surface area contributed by atoms with Gasteiger partial charge in [0.15, 0.2) is 5.44 Å². The van der Waals surface area contributed by atoms with Crippen molar-refractivity contribution >= 4 is 17.7 Å². The molecule has 1 unspecified atom stereocenters. The molecule has 0 heterocycles. The normalized spacial score (nSPS) is 13.8. The van der Waals surface area contributed by atoms with Crippen LogP contribution in [0.2, 0.25) is 0 Å². The maximum Gasteiger partial charge on any atom is 0.393 e. The first-order chi connectivity index (χ1) is 6.35. The zero-order valence-electron chi connectivity index (χ0n) is 8.06. The number of hydrogen-bond acceptors (Lipinski definition) is 3. The van der Waals surface area contributed by atoms with Gasteiger partial charge < -0.3 is 4.74 Å². The van der Waals surface area contributed by atoms with E-state index in [4.69, 9.17) is 0 Å².